The molecular weight excluding hydrogens is 290 g/mol. The maximum absolute atomic E-state index is 6.17. The Labute approximate surface area is 154 Å². The van der Waals surface area contributed by atoms with Gasteiger partial charge in [-0.1, -0.05) is 129 Å². The van der Waals surface area contributed by atoms with Crippen molar-refractivity contribution in [1.82, 2.24) is 0 Å². The number of nitrogens with two attached hydrogens (primary N) is 1. The lowest BCUT2D eigenvalue weighted by atomic mass is 10.0. The van der Waals surface area contributed by atoms with Gasteiger partial charge in [-0.15, -0.1) is 0 Å². The molecule has 24 heavy (non-hydrogen) atoms. The molecule has 0 aromatic carbocycles. The van der Waals surface area contributed by atoms with E-state index in [0.29, 0.717) is 6.04 Å². The Morgan fingerprint density at radius 2 is 0.667 bits per heavy atom. The first-order valence-electron chi connectivity index (χ1n) is 11.6. The normalized spacial score (nSPS) is 12.6. The molecule has 1 atom stereocenters. The van der Waals surface area contributed by atoms with Gasteiger partial charge in [-0.3, -0.25) is 0 Å². The molecule has 0 aliphatic carbocycles. The molecule has 0 saturated carbocycles. The van der Waals surface area contributed by atoms with E-state index in [0.717, 1.165) is 0 Å². The van der Waals surface area contributed by atoms with E-state index in [1.54, 1.807) is 0 Å². The molecule has 2 N–H and O–H groups in total. The smallest absolute Gasteiger partial charge is 0.00388 e. The number of hydrogen-bond acceptors (Lipinski definition) is 1. The second-order valence-electron chi connectivity index (χ2n) is 7.99. The van der Waals surface area contributed by atoms with Crippen molar-refractivity contribution in [2.45, 2.75) is 148 Å². The molecule has 0 rings (SSSR count). The van der Waals surface area contributed by atoms with Crippen molar-refractivity contribution >= 4 is 0 Å². The summed E-state index contributed by atoms with van der Waals surface area (Å²) in [6, 6.07) is 0.471. The van der Waals surface area contributed by atoms with Crippen molar-refractivity contribution in [2.24, 2.45) is 5.73 Å². The molecule has 0 saturated heterocycles. The Hall–Kier alpha value is -0.0400. The minimum atomic E-state index is 0.471. The van der Waals surface area contributed by atoms with Gasteiger partial charge in [-0.05, 0) is 12.8 Å². The van der Waals surface area contributed by atoms with Crippen molar-refractivity contribution in [2.75, 3.05) is 0 Å². The van der Waals surface area contributed by atoms with Crippen LogP contribution in [-0.4, -0.2) is 6.04 Å². The van der Waals surface area contributed by atoms with Crippen LogP contribution >= 0.6 is 0 Å². The third kappa shape index (κ3) is 20.0. The van der Waals surface area contributed by atoms with Crippen LogP contribution < -0.4 is 5.73 Å². The standard InChI is InChI=1S/C23H49N/c1-3-5-7-8-9-10-11-12-13-14-15-16-17-18-20-22-23(24)21-19-6-4-2/h23H,3-22,24H2,1-2H3. The van der Waals surface area contributed by atoms with E-state index in [2.05, 4.69) is 13.8 Å². The SMILES string of the molecule is CCCCCCCCCCCCCCCCCC(N)CCCCC. The van der Waals surface area contributed by atoms with Gasteiger partial charge in [0.2, 0.25) is 0 Å². The Bertz CT molecular complexity index is 214. The Kier molecular flexibility index (Phi) is 21.0. The molecule has 146 valence electrons. The first kappa shape index (κ1) is 24.0. The van der Waals surface area contributed by atoms with Crippen molar-refractivity contribution in [1.29, 1.82) is 0 Å². The summed E-state index contributed by atoms with van der Waals surface area (Å²) in [6.45, 7) is 4.56. The molecule has 0 bridgehead atoms. The molecular formula is C23H49N. The van der Waals surface area contributed by atoms with Crippen LogP contribution in [0.1, 0.15) is 142 Å². The van der Waals surface area contributed by atoms with E-state index < -0.39 is 0 Å². The summed E-state index contributed by atoms with van der Waals surface area (Å²) in [5.41, 5.74) is 6.17. The van der Waals surface area contributed by atoms with Crippen LogP contribution in [0.5, 0.6) is 0 Å². The Morgan fingerprint density at radius 1 is 0.417 bits per heavy atom. The van der Waals surface area contributed by atoms with Crippen LogP contribution in [0.15, 0.2) is 0 Å². The zero-order valence-corrected chi connectivity index (χ0v) is 17.3. The van der Waals surface area contributed by atoms with Gasteiger partial charge in [-0.25, -0.2) is 0 Å². The molecule has 0 amide bonds. The van der Waals surface area contributed by atoms with E-state index in [4.69, 9.17) is 5.73 Å². The average molecular weight is 340 g/mol. The summed E-state index contributed by atoms with van der Waals surface area (Å²) in [7, 11) is 0. The average Bonchev–Trinajstić information content (AvgIpc) is 2.58. The van der Waals surface area contributed by atoms with E-state index in [1.807, 2.05) is 0 Å². The minimum Gasteiger partial charge on any atom is -0.328 e. The fourth-order valence-corrected chi connectivity index (χ4v) is 3.58. The van der Waals surface area contributed by atoms with E-state index in [-0.39, 0.29) is 0 Å². The molecule has 0 aliphatic rings. The second-order valence-corrected chi connectivity index (χ2v) is 7.99. The predicted octanol–water partition coefficient (Wildman–Crippen LogP) is 8.16. The van der Waals surface area contributed by atoms with Crippen molar-refractivity contribution in [3.8, 4) is 0 Å². The molecule has 0 spiro atoms. The molecule has 0 heterocycles. The van der Waals surface area contributed by atoms with Crippen LogP contribution in [-0.2, 0) is 0 Å². The lowest BCUT2D eigenvalue weighted by Crippen LogP contribution is -2.19. The largest absolute Gasteiger partial charge is 0.328 e. The maximum Gasteiger partial charge on any atom is 0.00388 e. The van der Waals surface area contributed by atoms with Gasteiger partial charge >= 0.3 is 0 Å². The first-order valence-corrected chi connectivity index (χ1v) is 11.6. The van der Waals surface area contributed by atoms with Gasteiger partial charge in [-0.2, -0.15) is 0 Å². The predicted molar refractivity (Wildman–Crippen MR) is 112 cm³/mol. The summed E-state index contributed by atoms with van der Waals surface area (Å²) in [5.74, 6) is 0. The zero-order valence-electron chi connectivity index (χ0n) is 17.3. The van der Waals surface area contributed by atoms with E-state index >= 15 is 0 Å². The molecule has 1 heteroatoms. The minimum absolute atomic E-state index is 0.471. The van der Waals surface area contributed by atoms with Gasteiger partial charge in [0, 0.05) is 6.04 Å². The Morgan fingerprint density at radius 3 is 1.04 bits per heavy atom. The Balaban J connectivity index is 3.05. The zero-order chi connectivity index (χ0) is 17.7. The van der Waals surface area contributed by atoms with Gasteiger partial charge in [0.15, 0.2) is 0 Å². The number of unbranched alkanes of at least 4 members (excludes halogenated alkanes) is 16. The summed E-state index contributed by atoms with van der Waals surface area (Å²) in [6.07, 6.45) is 28.1. The fourth-order valence-electron chi connectivity index (χ4n) is 3.58. The molecule has 1 nitrogen and oxygen atoms in total. The summed E-state index contributed by atoms with van der Waals surface area (Å²) in [5, 5.41) is 0. The number of rotatable bonds is 20. The topological polar surface area (TPSA) is 26.0 Å². The molecule has 0 fully saturated rings. The van der Waals surface area contributed by atoms with Crippen LogP contribution in [0.25, 0.3) is 0 Å². The highest BCUT2D eigenvalue weighted by molar-refractivity contribution is 4.61. The number of hydrogen-bond donors (Lipinski definition) is 1. The highest BCUT2D eigenvalue weighted by Gasteiger charge is 2.01. The highest BCUT2D eigenvalue weighted by Crippen LogP contribution is 2.14. The maximum atomic E-state index is 6.17. The first-order chi connectivity index (χ1) is 11.8. The quantitative estimate of drug-likeness (QED) is 0.222. The van der Waals surface area contributed by atoms with Gasteiger partial charge in [0.1, 0.15) is 0 Å². The molecule has 1 unspecified atom stereocenters. The lowest BCUT2D eigenvalue weighted by Gasteiger charge is -2.10. The van der Waals surface area contributed by atoms with Crippen molar-refractivity contribution in [3.63, 3.8) is 0 Å². The summed E-state index contributed by atoms with van der Waals surface area (Å²) >= 11 is 0. The van der Waals surface area contributed by atoms with Gasteiger partial charge < -0.3 is 5.73 Å². The van der Waals surface area contributed by atoms with Gasteiger partial charge in [0.25, 0.3) is 0 Å². The van der Waals surface area contributed by atoms with Crippen LogP contribution in [0.2, 0.25) is 0 Å². The third-order valence-electron chi connectivity index (χ3n) is 5.36. The van der Waals surface area contributed by atoms with Crippen LogP contribution in [0.4, 0.5) is 0 Å². The van der Waals surface area contributed by atoms with E-state index in [1.165, 1.54) is 128 Å². The van der Waals surface area contributed by atoms with Crippen molar-refractivity contribution in [3.05, 3.63) is 0 Å². The molecule has 0 radical (unpaired) electrons. The third-order valence-corrected chi connectivity index (χ3v) is 5.36. The van der Waals surface area contributed by atoms with Crippen LogP contribution in [0, 0.1) is 0 Å². The lowest BCUT2D eigenvalue weighted by molar-refractivity contribution is 0.487. The van der Waals surface area contributed by atoms with Crippen LogP contribution in [0.3, 0.4) is 0 Å². The fraction of sp³-hybridized carbons (Fsp3) is 1.00. The molecule has 0 aliphatic heterocycles. The summed E-state index contributed by atoms with van der Waals surface area (Å²) in [4.78, 5) is 0. The van der Waals surface area contributed by atoms with Crippen molar-refractivity contribution < 1.29 is 0 Å². The highest BCUT2D eigenvalue weighted by atomic mass is 14.6. The monoisotopic (exact) mass is 339 g/mol. The summed E-state index contributed by atoms with van der Waals surface area (Å²) < 4.78 is 0. The molecule has 0 aromatic heterocycles. The van der Waals surface area contributed by atoms with Gasteiger partial charge in [0.05, 0.1) is 0 Å². The second kappa shape index (κ2) is 21.0. The van der Waals surface area contributed by atoms with E-state index in [9.17, 15) is 0 Å². The molecule has 0 aromatic rings.